The molecule has 3 heteroatoms. The molecule has 1 aromatic rings. The van der Waals surface area contributed by atoms with Crippen molar-refractivity contribution in [3.63, 3.8) is 0 Å². The van der Waals surface area contributed by atoms with Gasteiger partial charge in [-0.1, -0.05) is 17.7 Å². The first-order chi connectivity index (χ1) is 8.08. The molecule has 1 rings (SSSR count). The molecule has 0 aromatic heterocycles. The second-order valence-corrected chi connectivity index (χ2v) is 4.28. The molecule has 0 aliphatic rings. The van der Waals surface area contributed by atoms with E-state index < -0.39 is 0 Å². The predicted molar refractivity (Wildman–Crippen MR) is 68.1 cm³/mol. The lowest BCUT2D eigenvalue weighted by Gasteiger charge is -2.15. The summed E-state index contributed by atoms with van der Waals surface area (Å²) < 4.78 is 15.7. The largest absolute Gasteiger partial charge is 0.371 e. The van der Waals surface area contributed by atoms with Crippen molar-refractivity contribution in [2.75, 3.05) is 20.8 Å². The fraction of sp³-hybridized carbons (Fsp3) is 0.571. The van der Waals surface area contributed by atoms with Gasteiger partial charge in [0.05, 0.1) is 13.2 Å². The second-order valence-electron chi connectivity index (χ2n) is 4.28. The Kier molecular flexibility index (Phi) is 5.62. The Morgan fingerprint density at radius 3 is 2.29 bits per heavy atom. The van der Waals surface area contributed by atoms with Crippen LogP contribution in [-0.4, -0.2) is 27.1 Å². The van der Waals surface area contributed by atoms with Crippen LogP contribution in [0, 0.1) is 20.8 Å². The number of benzene rings is 1. The minimum Gasteiger partial charge on any atom is -0.371 e. The molecular weight excluding hydrogens is 216 g/mol. The fourth-order valence-corrected chi connectivity index (χ4v) is 1.78. The summed E-state index contributed by atoms with van der Waals surface area (Å²) in [5.74, 6) is 0. The van der Waals surface area contributed by atoms with Crippen molar-refractivity contribution >= 4 is 0 Å². The number of aryl methyl sites for hydroxylation is 2. The number of ether oxygens (including phenoxy) is 3. The first kappa shape index (κ1) is 14.2. The molecule has 96 valence electrons. The van der Waals surface area contributed by atoms with Crippen LogP contribution in [0.3, 0.4) is 0 Å². The Hall–Kier alpha value is -0.900. The van der Waals surface area contributed by atoms with Crippen LogP contribution in [-0.2, 0) is 20.8 Å². The molecule has 0 heterocycles. The summed E-state index contributed by atoms with van der Waals surface area (Å²) in [4.78, 5) is 0. The topological polar surface area (TPSA) is 27.7 Å². The molecule has 0 fully saturated rings. The van der Waals surface area contributed by atoms with E-state index in [1.165, 1.54) is 22.3 Å². The molecule has 0 spiro atoms. The molecule has 0 saturated carbocycles. The average Bonchev–Trinajstić information content (AvgIpc) is 2.30. The first-order valence-electron chi connectivity index (χ1n) is 5.78. The molecule has 1 aromatic carbocycles. The highest BCUT2D eigenvalue weighted by Crippen LogP contribution is 2.16. The molecule has 0 bridgehead atoms. The highest BCUT2D eigenvalue weighted by molar-refractivity contribution is 5.36. The van der Waals surface area contributed by atoms with Crippen LogP contribution < -0.4 is 0 Å². The van der Waals surface area contributed by atoms with Gasteiger partial charge in [0, 0.05) is 14.2 Å². The molecule has 0 N–H and O–H groups in total. The molecule has 0 amide bonds. The van der Waals surface area contributed by atoms with Crippen LogP contribution in [0.1, 0.15) is 22.3 Å². The van der Waals surface area contributed by atoms with E-state index in [1.54, 1.807) is 14.2 Å². The quantitative estimate of drug-likeness (QED) is 0.713. The lowest BCUT2D eigenvalue weighted by atomic mass is 10.0. The summed E-state index contributed by atoms with van der Waals surface area (Å²) in [6.07, 6.45) is -0.291. The van der Waals surface area contributed by atoms with Crippen LogP contribution in [0.5, 0.6) is 0 Å². The normalized spacial score (nSPS) is 11.2. The van der Waals surface area contributed by atoms with Crippen LogP contribution >= 0.6 is 0 Å². The maximum absolute atomic E-state index is 5.60. The number of hydrogen-bond donors (Lipinski definition) is 0. The molecule has 3 nitrogen and oxygen atoms in total. The zero-order valence-electron chi connectivity index (χ0n) is 11.4. The Morgan fingerprint density at radius 1 is 1.06 bits per heavy atom. The Morgan fingerprint density at radius 2 is 1.71 bits per heavy atom. The zero-order chi connectivity index (χ0) is 12.8. The van der Waals surface area contributed by atoms with Crippen molar-refractivity contribution in [3.8, 4) is 0 Å². The number of rotatable bonds is 6. The third-order valence-corrected chi connectivity index (χ3v) is 2.96. The maximum Gasteiger partial charge on any atom is 0.180 e. The molecule has 17 heavy (non-hydrogen) atoms. The average molecular weight is 238 g/mol. The van der Waals surface area contributed by atoms with E-state index in [0.717, 1.165) is 0 Å². The van der Waals surface area contributed by atoms with Crippen LogP contribution in [0.2, 0.25) is 0 Å². The summed E-state index contributed by atoms with van der Waals surface area (Å²) >= 11 is 0. The number of hydrogen-bond acceptors (Lipinski definition) is 3. The smallest absolute Gasteiger partial charge is 0.180 e. The summed E-state index contributed by atoms with van der Waals surface area (Å²) in [5, 5.41) is 0. The molecule has 0 saturated heterocycles. The van der Waals surface area contributed by atoms with Gasteiger partial charge in [-0.25, -0.2) is 0 Å². The van der Waals surface area contributed by atoms with E-state index in [1.807, 2.05) is 0 Å². The monoisotopic (exact) mass is 238 g/mol. The Labute approximate surface area is 104 Å². The summed E-state index contributed by atoms with van der Waals surface area (Å²) in [6.45, 7) is 7.39. The first-order valence-corrected chi connectivity index (χ1v) is 5.78. The Balaban J connectivity index is 2.57. The third kappa shape index (κ3) is 4.11. The van der Waals surface area contributed by atoms with Gasteiger partial charge in [0.2, 0.25) is 0 Å². The predicted octanol–water partition coefficient (Wildman–Crippen LogP) is 2.75. The Bertz CT molecular complexity index is 357. The molecular formula is C14H22O3. The maximum atomic E-state index is 5.60. The van der Waals surface area contributed by atoms with E-state index >= 15 is 0 Å². The second kappa shape index (κ2) is 6.74. The summed E-state index contributed by atoms with van der Waals surface area (Å²) in [5.41, 5.74) is 5.09. The van der Waals surface area contributed by atoms with Crippen molar-refractivity contribution < 1.29 is 14.2 Å². The van der Waals surface area contributed by atoms with Gasteiger partial charge < -0.3 is 14.2 Å². The van der Waals surface area contributed by atoms with Crippen LogP contribution in [0.15, 0.2) is 12.1 Å². The van der Waals surface area contributed by atoms with Gasteiger partial charge in [-0.3, -0.25) is 0 Å². The zero-order valence-corrected chi connectivity index (χ0v) is 11.4. The van der Waals surface area contributed by atoms with Gasteiger partial charge in [0.15, 0.2) is 6.29 Å². The van der Waals surface area contributed by atoms with Crippen molar-refractivity contribution in [1.82, 2.24) is 0 Å². The molecule has 0 unspecified atom stereocenters. The lowest BCUT2D eigenvalue weighted by molar-refractivity contribution is -0.142. The summed E-state index contributed by atoms with van der Waals surface area (Å²) in [6, 6.07) is 4.35. The molecule has 0 atom stereocenters. The molecule has 0 radical (unpaired) electrons. The van der Waals surface area contributed by atoms with Gasteiger partial charge in [-0.2, -0.15) is 0 Å². The van der Waals surface area contributed by atoms with E-state index in [4.69, 9.17) is 14.2 Å². The van der Waals surface area contributed by atoms with Crippen LogP contribution in [0.4, 0.5) is 0 Å². The van der Waals surface area contributed by atoms with E-state index in [9.17, 15) is 0 Å². The van der Waals surface area contributed by atoms with E-state index in [-0.39, 0.29) is 6.29 Å². The summed E-state index contributed by atoms with van der Waals surface area (Å²) in [7, 11) is 3.22. The minimum absolute atomic E-state index is 0.291. The van der Waals surface area contributed by atoms with Gasteiger partial charge in [0.25, 0.3) is 0 Å². The van der Waals surface area contributed by atoms with Crippen LogP contribution in [0.25, 0.3) is 0 Å². The minimum atomic E-state index is -0.291. The van der Waals surface area contributed by atoms with Crippen molar-refractivity contribution in [3.05, 3.63) is 34.4 Å². The van der Waals surface area contributed by atoms with Crippen molar-refractivity contribution in [2.24, 2.45) is 0 Å². The van der Waals surface area contributed by atoms with Gasteiger partial charge >= 0.3 is 0 Å². The van der Waals surface area contributed by atoms with E-state index in [0.29, 0.717) is 13.2 Å². The molecule has 0 aliphatic carbocycles. The molecule has 0 aliphatic heterocycles. The number of methoxy groups -OCH3 is 2. The highest BCUT2D eigenvalue weighted by Gasteiger charge is 2.07. The SMILES string of the molecule is COC(COCc1cc(C)cc(C)c1C)OC. The lowest BCUT2D eigenvalue weighted by Crippen LogP contribution is -2.20. The fourth-order valence-electron chi connectivity index (χ4n) is 1.78. The van der Waals surface area contributed by atoms with Gasteiger partial charge in [-0.15, -0.1) is 0 Å². The standard InChI is InChI=1S/C14H22O3/c1-10-6-11(2)12(3)13(7-10)8-17-9-14(15-4)16-5/h6-7,14H,8-9H2,1-5H3. The third-order valence-electron chi connectivity index (χ3n) is 2.96. The van der Waals surface area contributed by atoms with Gasteiger partial charge in [-0.05, 0) is 37.5 Å². The van der Waals surface area contributed by atoms with Crippen molar-refractivity contribution in [1.29, 1.82) is 0 Å². The highest BCUT2D eigenvalue weighted by atomic mass is 16.7. The van der Waals surface area contributed by atoms with Gasteiger partial charge in [0.1, 0.15) is 0 Å². The van der Waals surface area contributed by atoms with E-state index in [2.05, 4.69) is 32.9 Å². The van der Waals surface area contributed by atoms with Crippen molar-refractivity contribution in [2.45, 2.75) is 33.7 Å².